The maximum absolute atomic E-state index is 12.3. The Labute approximate surface area is 428 Å². The second-order valence-electron chi connectivity index (χ2n) is 19.5. The fourth-order valence-corrected chi connectivity index (χ4v) is 8.72. The van der Waals surface area contributed by atoms with E-state index in [0.717, 1.165) is 17.5 Å². The summed E-state index contributed by atoms with van der Waals surface area (Å²) >= 11 is 0. The normalized spacial score (nSPS) is 10.7. The Morgan fingerprint density at radius 1 is 0.268 bits per heavy atom. The lowest BCUT2D eigenvalue weighted by Gasteiger charge is -2.26. The van der Waals surface area contributed by atoms with Crippen molar-refractivity contribution in [3.05, 3.63) is 296 Å². The summed E-state index contributed by atoms with van der Waals surface area (Å²) in [4.78, 5) is 0.680. The predicted octanol–water partition coefficient (Wildman–Crippen LogP) is 17.9. The van der Waals surface area contributed by atoms with Gasteiger partial charge in [-0.2, -0.15) is 0 Å². The Kier molecular flexibility index (Phi) is 20.3. The number of benzene rings is 9. The van der Waals surface area contributed by atoms with E-state index < -0.39 is 9.84 Å². The van der Waals surface area contributed by atoms with Gasteiger partial charge in [-0.05, 0) is 133 Å². The van der Waals surface area contributed by atoms with Crippen LogP contribution >= 0.6 is 0 Å². The maximum Gasteiger partial charge on any atom is 0.206 e. The van der Waals surface area contributed by atoms with E-state index in [0.29, 0.717) is 9.79 Å². The molecule has 0 amide bonds. The van der Waals surface area contributed by atoms with Crippen molar-refractivity contribution in [1.29, 1.82) is 0 Å². The van der Waals surface area contributed by atoms with E-state index in [2.05, 4.69) is 239 Å². The molecule has 0 N–H and O–H groups in total. The van der Waals surface area contributed by atoms with Crippen LogP contribution in [0.3, 0.4) is 0 Å². The molecule has 0 aromatic heterocycles. The van der Waals surface area contributed by atoms with Gasteiger partial charge in [-0.25, -0.2) is 8.42 Å². The fourth-order valence-electron chi connectivity index (χ4n) is 7.45. The van der Waals surface area contributed by atoms with Crippen LogP contribution in [0.4, 0.5) is 0 Å². The predicted molar refractivity (Wildman–Crippen MR) is 305 cm³/mol. The highest BCUT2D eigenvalue weighted by Gasteiger charge is 2.22. The van der Waals surface area contributed by atoms with Gasteiger partial charge in [0.2, 0.25) is 9.84 Å². The second-order valence-corrected chi connectivity index (χ2v) is 21.5. The summed E-state index contributed by atoms with van der Waals surface area (Å²) in [6.45, 7) is 25.3. The molecule has 9 aromatic rings. The van der Waals surface area contributed by atoms with E-state index in [1.54, 1.807) is 48.5 Å². The number of hydrogen-bond acceptors (Lipinski definition) is 2. The quantitative estimate of drug-likeness (QED) is 0.160. The summed E-state index contributed by atoms with van der Waals surface area (Å²) in [6, 6.07) is 74.7. The summed E-state index contributed by atoms with van der Waals surface area (Å²) in [6.07, 6.45) is 1.03. The van der Waals surface area contributed by atoms with Gasteiger partial charge in [0.05, 0.1) is 9.79 Å². The highest BCUT2D eigenvalue weighted by atomic mass is 32.2. The molecule has 9 rings (SSSR count). The lowest BCUT2D eigenvalue weighted by atomic mass is 9.78. The van der Waals surface area contributed by atoms with Crippen molar-refractivity contribution in [2.45, 2.75) is 105 Å². The van der Waals surface area contributed by atoms with E-state index in [4.69, 9.17) is 0 Å². The van der Waals surface area contributed by atoms with Gasteiger partial charge in [-0.3, -0.25) is 0 Å². The third-order valence-electron chi connectivity index (χ3n) is 12.5. The average molecular weight is 955 g/mol. The van der Waals surface area contributed by atoms with Crippen molar-refractivity contribution in [2.75, 3.05) is 0 Å². The number of hydrogen-bond donors (Lipinski definition) is 0. The van der Waals surface area contributed by atoms with Gasteiger partial charge in [-0.15, -0.1) is 0 Å². The molecule has 0 heterocycles. The molecule has 3 heteroatoms. The molecule has 0 atom stereocenters. The van der Waals surface area contributed by atoms with E-state index >= 15 is 0 Å². The minimum absolute atomic E-state index is 0.0708. The summed E-state index contributed by atoms with van der Waals surface area (Å²) in [5.74, 6) is 0. The van der Waals surface area contributed by atoms with E-state index in [1.807, 2.05) is 13.8 Å². The molecule has 9 aromatic carbocycles. The van der Waals surface area contributed by atoms with Crippen LogP contribution in [0.1, 0.15) is 91.7 Å². The molecule has 0 unspecified atom stereocenters. The molecule has 0 bridgehead atoms. The summed E-state index contributed by atoms with van der Waals surface area (Å²) in [7, 11) is -3.37. The molecule has 2 nitrogen and oxygen atoms in total. The summed E-state index contributed by atoms with van der Waals surface area (Å²) in [5.41, 5.74) is 20.8. The van der Waals surface area contributed by atoms with Gasteiger partial charge in [0.15, 0.2) is 0 Å². The van der Waals surface area contributed by atoms with Gasteiger partial charge < -0.3 is 0 Å². The first-order valence-corrected chi connectivity index (χ1v) is 26.1. The lowest BCUT2D eigenvalue weighted by Crippen LogP contribution is -2.18. The van der Waals surface area contributed by atoms with Crippen LogP contribution in [0, 0.1) is 69.2 Å². The lowest BCUT2D eigenvalue weighted by molar-refractivity contribution is 0.596. The molecule has 0 saturated heterocycles. The average Bonchev–Trinajstić information content (AvgIpc) is 3.36. The van der Waals surface area contributed by atoms with E-state index in [-0.39, 0.29) is 5.41 Å². The van der Waals surface area contributed by atoms with Crippen molar-refractivity contribution < 1.29 is 8.42 Å². The molecular weight excluding hydrogens is 881 g/mol. The first-order valence-electron chi connectivity index (χ1n) is 24.6. The van der Waals surface area contributed by atoms with Crippen LogP contribution < -0.4 is 0 Å². The molecule has 0 aliphatic carbocycles. The summed E-state index contributed by atoms with van der Waals surface area (Å²) in [5, 5.41) is 0. The van der Waals surface area contributed by atoms with Crippen LogP contribution in [0.5, 0.6) is 0 Å². The van der Waals surface area contributed by atoms with Crippen LogP contribution in [-0.4, -0.2) is 8.42 Å². The largest absolute Gasteiger partial charge is 0.219 e. The molecule has 0 fully saturated rings. The first-order chi connectivity index (χ1) is 33.8. The zero-order chi connectivity index (χ0) is 51.6. The maximum atomic E-state index is 12.3. The van der Waals surface area contributed by atoms with Crippen molar-refractivity contribution in [3.8, 4) is 11.1 Å². The van der Waals surface area contributed by atoms with E-state index in [9.17, 15) is 8.42 Å². The monoisotopic (exact) mass is 955 g/mol. The van der Waals surface area contributed by atoms with Crippen LogP contribution in [-0.2, 0) is 21.7 Å². The van der Waals surface area contributed by atoms with Crippen LogP contribution in [0.15, 0.2) is 228 Å². The zero-order valence-corrected chi connectivity index (χ0v) is 45.0. The molecule has 0 radical (unpaired) electrons. The molecule has 0 saturated carbocycles. The van der Waals surface area contributed by atoms with Crippen LogP contribution in [0.2, 0.25) is 0 Å². The minimum atomic E-state index is -3.37. The molecule has 0 aliphatic rings. The molecule has 71 heavy (non-hydrogen) atoms. The Morgan fingerprint density at radius 2 is 0.451 bits per heavy atom. The third-order valence-corrected chi connectivity index (χ3v) is 14.3. The fraction of sp³-hybridized carbons (Fsp3) is 0.206. The highest BCUT2D eigenvalue weighted by Crippen LogP contribution is 2.31. The van der Waals surface area contributed by atoms with E-state index in [1.165, 1.54) is 77.9 Å². The van der Waals surface area contributed by atoms with Crippen molar-refractivity contribution in [2.24, 2.45) is 0 Å². The first kappa shape index (κ1) is 54.9. The third kappa shape index (κ3) is 17.7. The Bertz CT molecular complexity index is 2870. The molecular formula is C68H74O2S. The number of sulfone groups is 1. The molecule has 0 aliphatic heterocycles. The number of rotatable bonds is 7. The minimum Gasteiger partial charge on any atom is -0.219 e. The Morgan fingerprint density at radius 3 is 0.690 bits per heavy atom. The van der Waals surface area contributed by atoms with Gasteiger partial charge >= 0.3 is 0 Å². The van der Waals surface area contributed by atoms with Crippen molar-refractivity contribution in [3.63, 3.8) is 0 Å². The topological polar surface area (TPSA) is 34.1 Å². The van der Waals surface area contributed by atoms with Gasteiger partial charge in [-0.1, -0.05) is 264 Å². The Balaban J connectivity index is 0.000000168. The molecule has 364 valence electrons. The Hall–Kier alpha value is -7.07. The van der Waals surface area contributed by atoms with Gasteiger partial charge in [0.25, 0.3) is 0 Å². The second kappa shape index (κ2) is 26.2. The smallest absolute Gasteiger partial charge is 0.206 e. The zero-order valence-electron chi connectivity index (χ0n) is 44.2. The summed E-state index contributed by atoms with van der Waals surface area (Å²) < 4.78 is 24.5. The van der Waals surface area contributed by atoms with Crippen LogP contribution in [0.25, 0.3) is 11.1 Å². The highest BCUT2D eigenvalue weighted by molar-refractivity contribution is 7.91. The van der Waals surface area contributed by atoms with Gasteiger partial charge in [0, 0.05) is 5.41 Å². The van der Waals surface area contributed by atoms with Crippen molar-refractivity contribution in [1.82, 2.24) is 0 Å². The standard InChI is InChI=1S/C17H20.C15H16.C14H14O2S.C14H14.C8H10/c1-13-5-9-15(10-6-13)17(3,4)16-11-7-14(2)8-12-16;1-12-3-7-14(8-4-12)11-15-9-5-13(2)6-10-15;1-11-3-7-13(8-4-11)17(15,16)14-9-5-12(2)6-10-14;1-11-3-7-13(8-4-11)14-9-5-12(2)6-10-14;1-7-3-5-8(2)6-4-7/h5-12H,1-4H3;3-10H,11H2,1-2H3;3-10H,1-2H3;3-10H,1-2H3;3-6H,1-2H3. The van der Waals surface area contributed by atoms with Gasteiger partial charge in [0.1, 0.15) is 0 Å². The van der Waals surface area contributed by atoms with Crippen molar-refractivity contribution >= 4 is 9.84 Å². The molecule has 0 spiro atoms. The SMILES string of the molecule is Cc1ccc(-c2ccc(C)cc2)cc1.Cc1ccc(C(C)(C)c2ccc(C)cc2)cc1.Cc1ccc(C)cc1.Cc1ccc(Cc2ccc(C)cc2)cc1.Cc1ccc(S(=O)(=O)c2ccc(C)cc2)cc1. The number of aryl methyl sites for hydroxylation is 10.